The minimum absolute atomic E-state index is 0.0545. The van der Waals surface area contributed by atoms with Gasteiger partial charge in [-0.2, -0.15) is 5.10 Å². The molecule has 0 fully saturated rings. The third kappa shape index (κ3) is 2.31. The van der Waals surface area contributed by atoms with Crippen molar-refractivity contribution >= 4 is 10.9 Å². The molecule has 3 nitrogen and oxygen atoms in total. The molecule has 1 N–H and O–H groups in total. The van der Waals surface area contributed by atoms with Crippen LogP contribution in [0.4, 0.5) is 8.78 Å². The predicted octanol–water partition coefficient (Wildman–Crippen LogP) is 4.68. The number of hydrogen-bond donors (Lipinski definition) is 1. The molecule has 0 bridgehead atoms. The van der Waals surface area contributed by atoms with Crippen molar-refractivity contribution < 1.29 is 13.9 Å². The Morgan fingerprint density at radius 1 is 0.875 bits per heavy atom. The molecular formula is C19H12F2N2O. The summed E-state index contributed by atoms with van der Waals surface area (Å²) in [6.45, 7) is 0. The number of benzene rings is 3. The lowest BCUT2D eigenvalue weighted by molar-refractivity contribution is 0.476. The van der Waals surface area contributed by atoms with Gasteiger partial charge < -0.3 is 5.11 Å². The second-order valence-corrected chi connectivity index (χ2v) is 5.42. The summed E-state index contributed by atoms with van der Waals surface area (Å²) in [7, 11) is 0. The van der Waals surface area contributed by atoms with Crippen LogP contribution in [0.2, 0.25) is 0 Å². The van der Waals surface area contributed by atoms with Crippen LogP contribution in [0, 0.1) is 11.6 Å². The fourth-order valence-electron chi connectivity index (χ4n) is 2.75. The number of aromatic nitrogens is 2. The van der Waals surface area contributed by atoms with Crippen molar-refractivity contribution in [1.29, 1.82) is 0 Å². The first-order valence-corrected chi connectivity index (χ1v) is 7.36. The van der Waals surface area contributed by atoms with E-state index in [-0.39, 0.29) is 11.3 Å². The molecule has 0 saturated carbocycles. The van der Waals surface area contributed by atoms with Gasteiger partial charge in [0.25, 0.3) is 0 Å². The van der Waals surface area contributed by atoms with Crippen LogP contribution < -0.4 is 0 Å². The zero-order valence-corrected chi connectivity index (χ0v) is 12.4. The van der Waals surface area contributed by atoms with Crippen LogP contribution in [-0.2, 0) is 0 Å². The van der Waals surface area contributed by atoms with Gasteiger partial charge in [-0.15, -0.1) is 0 Å². The van der Waals surface area contributed by atoms with Gasteiger partial charge in [-0.25, -0.2) is 13.5 Å². The van der Waals surface area contributed by atoms with Gasteiger partial charge in [0.2, 0.25) is 0 Å². The van der Waals surface area contributed by atoms with E-state index in [1.54, 1.807) is 16.8 Å². The molecule has 4 rings (SSSR count). The number of rotatable bonds is 2. The largest absolute Gasteiger partial charge is 0.508 e. The molecule has 0 amide bonds. The molecule has 0 radical (unpaired) electrons. The van der Waals surface area contributed by atoms with E-state index >= 15 is 0 Å². The van der Waals surface area contributed by atoms with Crippen molar-refractivity contribution in [2.45, 2.75) is 0 Å². The van der Waals surface area contributed by atoms with Gasteiger partial charge >= 0.3 is 0 Å². The average Bonchev–Trinajstić information content (AvgIpc) is 2.94. The smallest absolute Gasteiger partial charge is 0.135 e. The first-order valence-electron chi connectivity index (χ1n) is 7.36. The van der Waals surface area contributed by atoms with Gasteiger partial charge in [0.15, 0.2) is 0 Å². The third-order valence-corrected chi connectivity index (χ3v) is 3.85. The van der Waals surface area contributed by atoms with Gasteiger partial charge in [0.1, 0.15) is 23.1 Å². The van der Waals surface area contributed by atoms with Crippen molar-refractivity contribution in [3.63, 3.8) is 0 Å². The molecule has 3 aromatic carbocycles. The number of phenolic OH excluding ortho intramolecular Hbond substituents is 1. The maximum Gasteiger partial charge on any atom is 0.135 e. The van der Waals surface area contributed by atoms with Gasteiger partial charge in [-0.05, 0) is 42.5 Å². The molecule has 0 aliphatic heterocycles. The average molecular weight is 322 g/mol. The highest BCUT2D eigenvalue weighted by Crippen LogP contribution is 2.33. The Morgan fingerprint density at radius 3 is 2.42 bits per heavy atom. The van der Waals surface area contributed by atoms with E-state index in [1.807, 2.05) is 30.3 Å². The maximum absolute atomic E-state index is 14.2. The predicted molar refractivity (Wildman–Crippen MR) is 88.1 cm³/mol. The van der Waals surface area contributed by atoms with Gasteiger partial charge in [-0.1, -0.05) is 18.2 Å². The number of para-hydroxylation sites is 1. The quantitative estimate of drug-likeness (QED) is 0.582. The number of aromatic hydroxyl groups is 1. The minimum Gasteiger partial charge on any atom is -0.508 e. The number of hydrogen-bond acceptors (Lipinski definition) is 2. The summed E-state index contributed by atoms with van der Waals surface area (Å²) < 4.78 is 29.1. The van der Waals surface area contributed by atoms with Crippen LogP contribution in [0.5, 0.6) is 5.75 Å². The summed E-state index contributed by atoms with van der Waals surface area (Å²) >= 11 is 0. The van der Waals surface area contributed by atoms with E-state index < -0.39 is 11.6 Å². The van der Waals surface area contributed by atoms with E-state index in [0.717, 1.165) is 17.3 Å². The molecule has 0 spiro atoms. The highest BCUT2D eigenvalue weighted by Gasteiger charge is 2.17. The Labute approximate surface area is 136 Å². The minimum atomic E-state index is -0.696. The standard InChI is InChI=1S/C19H12F2N2O/c20-12-6-8-15(17(21)10-12)19-16-11-14(24)7-9-18(16)23(22-19)13-4-2-1-3-5-13/h1-11,24H. The summed E-state index contributed by atoms with van der Waals surface area (Å²) in [4.78, 5) is 0. The summed E-state index contributed by atoms with van der Waals surface area (Å²) in [5.74, 6) is -1.29. The van der Waals surface area contributed by atoms with Crippen molar-refractivity contribution in [1.82, 2.24) is 9.78 Å². The first kappa shape index (κ1) is 14.4. The van der Waals surface area contributed by atoms with Crippen LogP contribution in [0.1, 0.15) is 0 Å². The molecule has 0 saturated heterocycles. The van der Waals surface area contributed by atoms with E-state index in [4.69, 9.17) is 0 Å². The lowest BCUT2D eigenvalue weighted by Crippen LogP contribution is -1.96. The Kier molecular flexibility index (Phi) is 3.27. The Bertz CT molecular complexity index is 1040. The zero-order chi connectivity index (χ0) is 16.7. The highest BCUT2D eigenvalue weighted by atomic mass is 19.1. The topological polar surface area (TPSA) is 38.1 Å². The monoisotopic (exact) mass is 322 g/mol. The number of phenols is 1. The normalized spacial score (nSPS) is 11.1. The molecule has 1 aromatic heterocycles. The first-order chi connectivity index (χ1) is 11.6. The van der Waals surface area contributed by atoms with E-state index in [1.165, 1.54) is 18.2 Å². The molecular weight excluding hydrogens is 310 g/mol. The van der Waals surface area contributed by atoms with E-state index in [2.05, 4.69) is 5.10 Å². The lowest BCUT2D eigenvalue weighted by Gasteiger charge is -2.02. The summed E-state index contributed by atoms with van der Waals surface area (Å²) in [6, 6.07) is 17.6. The van der Waals surface area contributed by atoms with Gasteiger partial charge in [-0.3, -0.25) is 0 Å². The van der Waals surface area contributed by atoms with Crippen molar-refractivity contribution in [2.75, 3.05) is 0 Å². The van der Waals surface area contributed by atoms with Crippen molar-refractivity contribution in [3.05, 3.63) is 78.4 Å². The zero-order valence-electron chi connectivity index (χ0n) is 12.4. The van der Waals surface area contributed by atoms with E-state index in [0.29, 0.717) is 11.1 Å². The Morgan fingerprint density at radius 2 is 1.67 bits per heavy atom. The fourth-order valence-corrected chi connectivity index (χ4v) is 2.75. The molecule has 0 aliphatic rings. The number of nitrogens with zero attached hydrogens (tertiary/aromatic N) is 2. The molecule has 118 valence electrons. The van der Waals surface area contributed by atoms with E-state index in [9.17, 15) is 13.9 Å². The molecule has 1 heterocycles. The summed E-state index contributed by atoms with van der Waals surface area (Å²) in [6.07, 6.45) is 0. The Hall–Kier alpha value is -3.21. The van der Waals surface area contributed by atoms with Crippen molar-refractivity contribution in [3.8, 4) is 22.7 Å². The second kappa shape index (κ2) is 5.45. The van der Waals surface area contributed by atoms with Gasteiger partial charge in [0.05, 0.1) is 11.2 Å². The van der Waals surface area contributed by atoms with Crippen LogP contribution in [0.25, 0.3) is 27.8 Å². The molecule has 4 aromatic rings. The summed E-state index contributed by atoms with van der Waals surface area (Å²) in [5.41, 5.74) is 2.06. The fraction of sp³-hybridized carbons (Fsp3) is 0. The third-order valence-electron chi connectivity index (χ3n) is 3.85. The molecule has 0 aliphatic carbocycles. The van der Waals surface area contributed by atoms with Crippen molar-refractivity contribution in [2.24, 2.45) is 0 Å². The molecule has 5 heteroatoms. The van der Waals surface area contributed by atoms with Gasteiger partial charge in [0, 0.05) is 17.0 Å². The SMILES string of the molecule is Oc1ccc2c(c1)c(-c1ccc(F)cc1F)nn2-c1ccccc1. The number of fused-ring (bicyclic) bond motifs is 1. The number of halogens is 2. The second-order valence-electron chi connectivity index (χ2n) is 5.42. The van der Waals surface area contributed by atoms with Crippen LogP contribution in [0.15, 0.2) is 66.7 Å². The Balaban J connectivity index is 2.04. The lowest BCUT2D eigenvalue weighted by atomic mass is 10.1. The van der Waals surface area contributed by atoms with Crippen LogP contribution in [0.3, 0.4) is 0 Å². The van der Waals surface area contributed by atoms with Crippen LogP contribution >= 0.6 is 0 Å². The highest BCUT2D eigenvalue weighted by molar-refractivity contribution is 5.95. The summed E-state index contributed by atoms with van der Waals surface area (Å²) in [5, 5.41) is 14.9. The molecule has 0 atom stereocenters. The van der Waals surface area contributed by atoms with Crippen LogP contribution in [-0.4, -0.2) is 14.9 Å². The maximum atomic E-state index is 14.2. The molecule has 24 heavy (non-hydrogen) atoms. The molecule has 0 unspecified atom stereocenters.